The number of methoxy groups -OCH3 is 1. The summed E-state index contributed by atoms with van der Waals surface area (Å²) < 4.78 is 5.00. The molecule has 0 bridgehead atoms. The van der Waals surface area contributed by atoms with Crippen molar-refractivity contribution < 1.29 is 9.84 Å². The molecule has 1 aromatic carbocycles. The maximum Gasteiger partial charge on any atom is 0.137 e. The molecular formula is C9H12ClNO2. The van der Waals surface area contributed by atoms with Gasteiger partial charge >= 0.3 is 0 Å². The van der Waals surface area contributed by atoms with E-state index in [0.29, 0.717) is 16.3 Å². The van der Waals surface area contributed by atoms with Crippen molar-refractivity contribution >= 4 is 11.6 Å². The average molecular weight is 202 g/mol. The van der Waals surface area contributed by atoms with E-state index in [1.54, 1.807) is 18.2 Å². The van der Waals surface area contributed by atoms with Crippen molar-refractivity contribution in [2.45, 2.75) is 6.10 Å². The standard InChI is InChI=1S/C9H12ClNO2/c1-13-9-4-6(8(12)5-11)2-3-7(9)10/h2-4,8,12H,5,11H2,1H3/t8-/m0/s1. The molecule has 0 unspecified atom stereocenters. The lowest BCUT2D eigenvalue weighted by molar-refractivity contribution is 0.186. The molecule has 0 saturated heterocycles. The van der Waals surface area contributed by atoms with Crippen molar-refractivity contribution in [1.29, 1.82) is 0 Å². The zero-order chi connectivity index (χ0) is 9.84. The summed E-state index contributed by atoms with van der Waals surface area (Å²) in [7, 11) is 1.53. The smallest absolute Gasteiger partial charge is 0.137 e. The Labute approximate surface area is 82.1 Å². The molecule has 0 fully saturated rings. The molecule has 13 heavy (non-hydrogen) atoms. The summed E-state index contributed by atoms with van der Waals surface area (Å²) in [6, 6.07) is 5.08. The quantitative estimate of drug-likeness (QED) is 0.776. The molecule has 1 atom stereocenters. The van der Waals surface area contributed by atoms with Crippen molar-refractivity contribution in [3.8, 4) is 5.75 Å². The average Bonchev–Trinajstić information content (AvgIpc) is 2.17. The van der Waals surface area contributed by atoms with Crippen molar-refractivity contribution in [3.05, 3.63) is 28.8 Å². The summed E-state index contributed by atoms with van der Waals surface area (Å²) in [6.45, 7) is 0.185. The van der Waals surface area contributed by atoms with E-state index in [2.05, 4.69) is 0 Å². The fraction of sp³-hybridized carbons (Fsp3) is 0.333. The molecule has 0 aliphatic rings. The first-order valence-corrected chi connectivity index (χ1v) is 4.28. The Hall–Kier alpha value is -0.770. The van der Waals surface area contributed by atoms with Crippen LogP contribution in [0.4, 0.5) is 0 Å². The molecule has 3 N–H and O–H groups in total. The van der Waals surface area contributed by atoms with Crippen molar-refractivity contribution in [2.24, 2.45) is 5.73 Å². The lowest BCUT2D eigenvalue weighted by Crippen LogP contribution is -2.11. The molecule has 3 nitrogen and oxygen atoms in total. The molecule has 0 saturated carbocycles. The molecule has 0 amide bonds. The molecule has 0 radical (unpaired) electrons. The van der Waals surface area contributed by atoms with Crippen molar-refractivity contribution in [1.82, 2.24) is 0 Å². The number of aliphatic hydroxyl groups excluding tert-OH is 1. The van der Waals surface area contributed by atoms with Crippen LogP contribution in [0.1, 0.15) is 11.7 Å². The minimum atomic E-state index is -0.661. The molecule has 0 heterocycles. The van der Waals surface area contributed by atoms with Gasteiger partial charge in [0.25, 0.3) is 0 Å². The number of rotatable bonds is 3. The third-order valence-electron chi connectivity index (χ3n) is 1.78. The molecule has 0 aliphatic heterocycles. The predicted octanol–water partition coefficient (Wildman–Crippen LogP) is 1.34. The van der Waals surface area contributed by atoms with E-state index in [0.717, 1.165) is 0 Å². The summed E-state index contributed by atoms with van der Waals surface area (Å²) in [6.07, 6.45) is -0.661. The number of aliphatic hydroxyl groups is 1. The first kappa shape index (κ1) is 10.3. The van der Waals surface area contributed by atoms with E-state index >= 15 is 0 Å². The minimum Gasteiger partial charge on any atom is -0.495 e. The van der Waals surface area contributed by atoms with Crippen LogP contribution >= 0.6 is 11.6 Å². The van der Waals surface area contributed by atoms with Crippen LogP contribution in [0.3, 0.4) is 0 Å². The SMILES string of the molecule is COc1cc([C@@H](O)CN)ccc1Cl. The van der Waals surface area contributed by atoms with Crippen LogP contribution in [0.15, 0.2) is 18.2 Å². The Kier molecular flexibility index (Phi) is 3.54. The molecule has 4 heteroatoms. The van der Waals surface area contributed by atoms with Gasteiger partial charge in [0.1, 0.15) is 5.75 Å². The Morgan fingerprint density at radius 2 is 2.31 bits per heavy atom. The highest BCUT2D eigenvalue weighted by atomic mass is 35.5. The summed E-state index contributed by atoms with van der Waals surface area (Å²) >= 11 is 5.81. The van der Waals surface area contributed by atoms with Crippen LogP contribution in [-0.4, -0.2) is 18.8 Å². The van der Waals surface area contributed by atoms with Gasteiger partial charge in [-0.15, -0.1) is 0 Å². The first-order chi connectivity index (χ1) is 6.19. The topological polar surface area (TPSA) is 55.5 Å². The van der Waals surface area contributed by atoms with Gasteiger partial charge in [0, 0.05) is 6.54 Å². The van der Waals surface area contributed by atoms with Gasteiger partial charge < -0.3 is 15.6 Å². The maximum absolute atomic E-state index is 9.42. The van der Waals surface area contributed by atoms with E-state index in [4.69, 9.17) is 22.1 Å². The van der Waals surface area contributed by atoms with Gasteiger partial charge in [-0.2, -0.15) is 0 Å². The summed E-state index contributed by atoms with van der Waals surface area (Å²) in [5.41, 5.74) is 6.02. The highest BCUT2D eigenvalue weighted by molar-refractivity contribution is 6.32. The fourth-order valence-corrected chi connectivity index (χ4v) is 1.21. The van der Waals surface area contributed by atoms with Gasteiger partial charge in [0.2, 0.25) is 0 Å². The molecule has 72 valence electrons. The minimum absolute atomic E-state index is 0.185. The normalized spacial score (nSPS) is 12.6. The number of hydrogen-bond acceptors (Lipinski definition) is 3. The first-order valence-electron chi connectivity index (χ1n) is 3.90. The number of benzene rings is 1. The van der Waals surface area contributed by atoms with E-state index < -0.39 is 6.10 Å². The van der Waals surface area contributed by atoms with Crippen LogP contribution in [0.25, 0.3) is 0 Å². The molecule has 0 aromatic heterocycles. The van der Waals surface area contributed by atoms with E-state index in [-0.39, 0.29) is 6.54 Å². The van der Waals surface area contributed by atoms with Crippen molar-refractivity contribution in [3.63, 3.8) is 0 Å². The number of halogens is 1. The van der Waals surface area contributed by atoms with E-state index in [9.17, 15) is 5.11 Å². The second-order valence-electron chi connectivity index (χ2n) is 2.65. The largest absolute Gasteiger partial charge is 0.495 e. The Morgan fingerprint density at radius 1 is 1.62 bits per heavy atom. The van der Waals surface area contributed by atoms with Crippen LogP contribution in [0, 0.1) is 0 Å². The van der Waals surface area contributed by atoms with Gasteiger partial charge in [0.05, 0.1) is 18.2 Å². The van der Waals surface area contributed by atoms with Gasteiger partial charge in [-0.05, 0) is 17.7 Å². The second-order valence-corrected chi connectivity index (χ2v) is 3.05. The summed E-state index contributed by atoms with van der Waals surface area (Å²) in [4.78, 5) is 0. The van der Waals surface area contributed by atoms with Crippen LogP contribution in [0.2, 0.25) is 5.02 Å². The van der Waals surface area contributed by atoms with Gasteiger partial charge in [-0.3, -0.25) is 0 Å². The maximum atomic E-state index is 9.42. The number of hydrogen-bond donors (Lipinski definition) is 2. The monoisotopic (exact) mass is 201 g/mol. The zero-order valence-corrected chi connectivity index (χ0v) is 8.08. The van der Waals surface area contributed by atoms with Crippen LogP contribution in [-0.2, 0) is 0 Å². The predicted molar refractivity (Wildman–Crippen MR) is 52.0 cm³/mol. The lowest BCUT2D eigenvalue weighted by Gasteiger charge is -2.10. The lowest BCUT2D eigenvalue weighted by atomic mass is 10.1. The van der Waals surface area contributed by atoms with E-state index in [1.807, 2.05) is 0 Å². The second kappa shape index (κ2) is 4.46. The Morgan fingerprint density at radius 3 is 2.85 bits per heavy atom. The Balaban J connectivity index is 2.99. The molecule has 0 aliphatic carbocycles. The highest BCUT2D eigenvalue weighted by Gasteiger charge is 2.08. The summed E-state index contributed by atoms with van der Waals surface area (Å²) in [5.74, 6) is 0.548. The van der Waals surface area contributed by atoms with E-state index in [1.165, 1.54) is 7.11 Å². The third kappa shape index (κ3) is 2.34. The third-order valence-corrected chi connectivity index (χ3v) is 2.10. The van der Waals surface area contributed by atoms with Crippen LogP contribution < -0.4 is 10.5 Å². The fourth-order valence-electron chi connectivity index (χ4n) is 1.02. The molecule has 1 aromatic rings. The van der Waals surface area contributed by atoms with Gasteiger partial charge in [-0.25, -0.2) is 0 Å². The molecular weight excluding hydrogens is 190 g/mol. The van der Waals surface area contributed by atoms with Crippen molar-refractivity contribution in [2.75, 3.05) is 13.7 Å². The molecule has 1 rings (SSSR count). The number of ether oxygens (including phenoxy) is 1. The Bertz CT molecular complexity index is 291. The highest BCUT2D eigenvalue weighted by Crippen LogP contribution is 2.27. The number of nitrogens with two attached hydrogens (primary N) is 1. The van der Waals surface area contributed by atoms with Crippen LogP contribution in [0.5, 0.6) is 5.75 Å². The zero-order valence-electron chi connectivity index (χ0n) is 7.33. The van der Waals surface area contributed by atoms with Gasteiger partial charge in [0.15, 0.2) is 0 Å². The molecule has 0 spiro atoms. The van der Waals surface area contributed by atoms with Gasteiger partial charge in [-0.1, -0.05) is 17.7 Å². The summed E-state index contributed by atoms with van der Waals surface area (Å²) in [5, 5.41) is 9.94.